The second-order valence-electron chi connectivity index (χ2n) is 6.66. The van der Waals surface area contributed by atoms with Crippen LogP contribution in [0.25, 0.3) is 0 Å². The first-order valence-electron chi connectivity index (χ1n) is 8.14. The number of carbonyl (C=O) groups excluding carboxylic acids is 1. The van der Waals surface area contributed by atoms with Gasteiger partial charge >= 0.3 is 5.97 Å². The van der Waals surface area contributed by atoms with Gasteiger partial charge in [0.1, 0.15) is 0 Å². The maximum Gasteiger partial charge on any atom is 0.310 e. The van der Waals surface area contributed by atoms with Crippen molar-refractivity contribution >= 4 is 11.9 Å². The Morgan fingerprint density at radius 2 is 1.95 bits per heavy atom. The number of carboxylic acid groups (broad SMARTS) is 1. The zero-order chi connectivity index (χ0) is 15.3. The van der Waals surface area contributed by atoms with Crippen molar-refractivity contribution in [2.45, 2.75) is 64.3 Å². The molecule has 0 radical (unpaired) electrons. The normalized spacial score (nSPS) is 26.8. The van der Waals surface area contributed by atoms with Gasteiger partial charge in [-0.05, 0) is 26.2 Å². The monoisotopic (exact) mass is 297 g/mol. The molecule has 1 saturated carbocycles. The smallest absolute Gasteiger partial charge is 0.310 e. The molecule has 21 heavy (non-hydrogen) atoms. The molecular weight excluding hydrogens is 270 g/mol. The number of carboxylic acids is 1. The highest BCUT2D eigenvalue weighted by molar-refractivity contribution is 5.85. The van der Waals surface area contributed by atoms with E-state index in [4.69, 9.17) is 4.74 Å². The maximum atomic E-state index is 12.3. The van der Waals surface area contributed by atoms with E-state index in [0.29, 0.717) is 25.4 Å². The zero-order valence-electron chi connectivity index (χ0n) is 12.9. The quantitative estimate of drug-likeness (QED) is 0.764. The number of carbonyl (C=O) groups is 2. The van der Waals surface area contributed by atoms with Gasteiger partial charge in [0.05, 0.1) is 12.0 Å². The van der Waals surface area contributed by atoms with Crippen LogP contribution in [0.1, 0.15) is 58.3 Å². The lowest BCUT2D eigenvalue weighted by molar-refractivity contribution is -0.153. The van der Waals surface area contributed by atoms with Crippen LogP contribution >= 0.6 is 0 Å². The Morgan fingerprint density at radius 3 is 2.48 bits per heavy atom. The summed E-state index contributed by atoms with van der Waals surface area (Å²) in [6.07, 6.45) is 6.29. The van der Waals surface area contributed by atoms with Crippen molar-refractivity contribution in [3.8, 4) is 0 Å². The molecule has 2 atom stereocenters. The third-order valence-corrected chi connectivity index (χ3v) is 5.07. The fourth-order valence-electron chi connectivity index (χ4n) is 3.55. The van der Waals surface area contributed by atoms with Crippen LogP contribution in [0.2, 0.25) is 0 Å². The summed E-state index contributed by atoms with van der Waals surface area (Å²) in [5.74, 6) is -0.584. The second kappa shape index (κ2) is 7.25. The first-order chi connectivity index (χ1) is 10.0. The number of hydrogen-bond donors (Lipinski definition) is 2. The molecule has 1 saturated heterocycles. The van der Waals surface area contributed by atoms with Gasteiger partial charge in [-0.2, -0.15) is 0 Å². The van der Waals surface area contributed by atoms with E-state index in [1.807, 2.05) is 6.92 Å². The summed E-state index contributed by atoms with van der Waals surface area (Å²) >= 11 is 0. The summed E-state index contributed by atoms with van der Waals surface area (Å²) in [6, 6.07) is 0.0524. The number of rotatable bonds is 5. The van der Waals surface area contributed by atoms with Gasteiger partial charge in [0, 0.05) is 25.0 Å². The number of nitrogens with one attached hydrogen (secondary N) is 1. The summed E-state index contributed by atoms with van der Waals surface area (Å²) in [6.45, 7) is 3.42. The largest absolute Gasteiger partial charge is 0.481 e. The molecule has 1 aliphatic carbocycles. The van der Waals surface area contributed by atoms with Crippen molar-refractivity contribution in [1.82, 2.24) is 5.32 Å². The molecule has 5 nitrogen and oxygen atoms in total. The van der Waals surface area contributed by atoms with Crippen LogP contribution in [-0.2, 0) is 14.3 Å². The van der Waals surface area contributed by atoms with E-state index >= 15 is 0 Å². The highest BCUT2D eigenvalue weighted by Gasteiger charge is 2.41. The Morgan fingerprint density at radius 1 is 1.29 bits per heavy atom. The summed E-state index contributed by atoms with van der Waals surface area (Å²) in [7, 11) is 0. The maximum absolute atomic E-state index is 12.3. The highest BCUT2D eigenvalue weighted by atomic mass is 16.5. The molecule has 2 unspecified atom stereocenters. The molecule has 1 aliphatic heterocycles. The van der Waals surface area contributed by atoms with Crippen LogP contribution in [0.15, 0.2) is 0 Å². The first-order valence-corrected chi connectivity index (χ1v) is 8.14. The zero-order valence-corrected chi connectivity index (χ0v) is 12.9. The van der Waals surface area contributed by atoms with E-state index in [-0.39, 0.29) is 18.4 Å². The average Bonchev–Trinajstić information content (AvgIpc) is 2.86. The molecule has 0 spiro atoms. The Hall–Kier alpha value is -1.10. The molecule has 0 aromatic carbocycles. The number of hydrogen-bond acceptors (Lipinski definition) is 3. The number of amides is 1. The van der Waals surface area contributed by atoms with Gasteiger partial charge in [-0.15, -0.1) is 0 Å². The van der Waals surface area contributed by atoms with Gasteiger partial charge < -0.3 is 15.2 Å². The predicted molar refractivity (Wildman–Crippen MR) is 78.9 cm³/mol. The molecule has 1 amide bonds. The second-order valence-corrected chi connectivity index (χ2v) is 6.66. The van der Waals surface area contributed by atoms with Crippen LogP contribution in [0.5, 0.6) is 0 Å². The van der Waals surface area contributed by atoms with Crippen LogP contribution < -0.4 is 5.32 Å². The van der Waals surface area contributed by atoms with Gasteiger partial charge in [0.2, 0.25) is 5.91 Å². The standard InChI is InChI=1S/C16H27NO4/c1-12(13-6-9-21-11-13)17-14(18)10-16(15(19)20)7-4-2-3-5-8-16/h12-13H,2-11H2,1H3,(H,17,18)(H,19,20). The number of aliphatic carboxylic acids is 1. The third-order valence-electron chi connectivity index (χ3n) is 5.07. The Labute approximate surface area is 126 Å². The average molecular weight is 297 g/mol. The summed E-state index contributed by atoms with van der Waals surface area (Å²) < 4.78 is 5.34. The van der Waals surface area contributed by atoms with Crippen molar-refractivity contribution in [2.24, 2.45) is 11.3 Å². The van der Waals surface area contributed by atoms with Crippen molar-refractivity contribution in [3.05, 3.63) is 0 Å². The van der Waals surface area contributed by atoms with Crippen LogP contribution in [0.4, 0.5) is 0 Å². The van der Waals surface area contributed by atoms with E-state index in [0.717, 1.165) is 38.7 Å². The van der Waals surface area contributed by atoms with Gasteiger partial charge in [-0.25, -0.2) is 0 Å². The van der Waals surface area contributed by atoms with Gasteiger partial charge in [-0.3, -0.25) is 9.59 Å². The SMILES string of the molecule is CC(NC(=O)CC1(C(=O)O)CCCCCC1)C1CCOC1. The lowest BCUT2D eigenvalue weighted by atomic mass is 9.77. The molecule has 0 aromatic heterocycles. The van der Waals surface area contributed by atoms with Crippen molar-refractivity contribution in [2.75, 3.05) is 13.2 Å². The van der Waals surface area contributed by atoms with Crippen molar-refractivity contribution in [3.63, 3.8) is 0 Å². The molecule has 2 N–H and O–H groups in total. The molecular formula is C16H27NO4. The minimum absolute atomic E-state index is 0.0524. The first kappa shape index (κ1) is 16.3. The molecule has 2 fully saturated rings. The molecule has 2 aliphatic rings. The molecule has 0 bridgehead atoms. The lowest BCUT2D eigenvalue weighted by Crippen LogP contribution is -2.43. The van der Waals surface area contributed by atoms with Gasteiger partial charge in [-0.1, -0.05) is 25.7 Å². The lowest BCUT2D eigenvalue weighted by Gasteiger charge is -2.28. The minimum Gasteiger partial charge on any atom is -0.481 e. The van der Waals surface area contributed by atoms with Crippen molar-refractivity contribution < 1.29 is 19.4 Å². The Balaban J connectivity index is 1.92. The topological polar surface area (TPSA) is 75.6 Å². The fourth-order valence-corrected chi connectivity index (χ4v) is 3.55. The Bertz CT molecular complexity index is 368. The highest BCUT2D eigenvalue weighted by Crippen LogP contribution is 2.38. The van der Waals surface area contributed by atoms with Gasteiger partial charge in [0.25, 0.3) is 0 Å². The predicted octanol–water partition coefficient (Wildman–Crippen LogP) is 2.34. The number of ether oxygens (including phenoxy) is 1. The molecule has 2 rings (SSSR count). The molecule has 0 aromatic rings. The van der Waals surface area contributed by atoms with Crippen molar-refractivity contribution in [1.29, 1.82) is 0 Å². The van der Waals surface area contributed by atoms with E-state index < -0.39 is 11.4 Å². The molecule has 5 heteroatoms. The van der Waals surface area contributed by atoms with Crippen LogP contribution in [-0.4, -0.2) is 36.2 Å². The van der Waals surface area contributed by atoms with E-state index in [1.165, 1.54) is 0 Å². The summed E-state index contributed by atoms with van der Waals surface area (Å²) in [5.41, 5.74) is -0.855. The van der Waals surface area contributed by atoms with Crippen LogP contribution in [0.3, 0.4) is 0 Å². The van der Waals surface area contributed by atoms with E-state index in [2.05, 4.69) is 5.32 Å². The minimum atomic E-state index is -0.855. The third kappa shape index (κ3) is 4.19. The Kier molecular flexibility index (Phi) is 5.62. The van der Waals surface area contributed by atoms with E-state index in [9.17, 15) is 14.7 Å². The molecule has 120 valence electrons. The van der Waals surface area contributed by atoms with Crippen LogP contribution in [0, 0.1) is 11.3 Å². The molecule has 1 heterocycles. The van der Waals surface area contributed by atoms with Gasteiger partial charge in [0.15, 0.2) is 0 Å². The summed E-state index contributed by atoms with van der Waals surface area (Å²) in [4.78, 5) is 24.0. The summed E-state index contributed by atoms with van der Waals surface area (Å²) in [5, 5.41) is 12.6. The van der Waals surface area contributed by atoms with E-state index in [1.54, 1.807) is 0 Å². The fraction of sp³-hybridized carbons (Fsp3) is 0.875.